The van der Waals surface area contributed by atoms with Crippen LogP contribution in [0.1, 0.15) is 12.5 Å². The molecule has 0 spiro atoms. The van der Waals surface area contributed by atoms with Crippen LogP contribution in [0.5, 0.6) is 5.88 Å². The molecule has 0 unspecified atom stereocenters. The number of rotatable bonds is 5. The molecule has 1 aromatic heterocycles. The summed E-state index contributed by atoms with van der Waals surface area (Å²) in [4.78, 5) is 15.2. The molecule has 5 nitrogen and oxygen atoms in total. The van der Waals surface area contributed by atoms with Crippen molar-refractivity contribution in [1.82, 2.24) is 4.98 Å². The number of halogens is 2. The number of nitrogens with two attached hydrogens (primary N) is 1. The van der Waals surface area contributed by atoms with Gasteiger partial charge in [0.1, 0.15) is 0 Å². The molecule has 1 heterocycles. The van der Waals surface area contributed by atoms with Crippen LogP contribution in [0.2, 0.25) is 10.0 Å². The first-order valence-corrected chi connectivity index (χ1v) is 7.32. The van der Waals surface area contributed by atoms with E-state index >= 15 is 0 Å². The van der Waals surface area contributed by atoms with Crippen LogP contribution in [0.4, 0.5) is 11.5 Å². The van der Waals surface area contributed by atoms with Crippen molar-refractivity contribution in [3.8, 4) is 5.88 Å². The van der Waals surface area contributed by atoms with Gasteiger partial charge in [0.2, 0.25) is 11.8 Å². The molecule has 0 radical (unpaired) electrons. The van der Waals surface area contributed by atoms with Crippen molar-refractivity contribution in [1.29, 1.82) is 0 Å². The number of hydrogen-bond donors (Lipinski definition) is 2. The fourth-order valence-electron chi connectivity index (χ4n) is 1.77. The zero-order chi connectivity index (χ0) is 16.1. The van der Waals surface area contributed by atoms with Gasteiger partial charge >= 0.3 is 0 Å². The Morgan fingerprint density at radius 2 is 2.05 bits per heavy atom. The van der Waals surface area contributed by atoms with E-state index < -0.39 is 0 Å². The molecule has 0 bridgehead atoms. The van der Waals surface area contributed by atoms with Gasteiger partial charge in [-0.3, -0.25) is 4.79 Å². The molecule has 0 aliphatic carbocycles. The highest BCUT2D eigenvalue weighted by Gasteiger charge is 2.06. The first kappa shape index (κ1) is 16.4. The second kappa shape index (κ2) is 7.33. The molecular weight excluding hydrogens is 325 g/mol. The maximum Gasteiger partial charge on any atom is 0.222 e. The van der Waals surface area contributed by atoms with Crippen LogP contribution in [0, 0.1) is 0 Å². The summed E-state index contributed by atoms with van der Waals surface area (Å²) >= 11 is 11.8. The molecule has 22 heavy (non-hydrogen) atoms. The number of amides is 1. The minimum absolute atomic E-state index is 0.243. The molecule has 1 amide bonds. The molecule has 0 atom stereocenters. The number of carbonyl (C=O) groups excluding carboxylic acids is 1. The Balaban J connectivity index is 1.96. The van der Waals surface area contributed by atoms with E-state index in [1.165, 1.54) is 6.92 Å². The van der Waals surface area contributed by atoms with E-state index in [2.05, 4.69) is 10.3 Å². The van der Waals surface area contributed by atoms with E-state index in [0.29, 0.717) is 40.5 Å². The second-order valence-electron chi connectivity index (χ2n) is 4.62. The first-order valence-electron chi connectivity index (χ1n) is 6.56. The van der Waals surface area contributed by atoms with Crippen LogP contribution in [0.3, 0.4) is 0 Å². The highest BCUT2D eigenvalue weighted by Crippen LogP contribution is 2.23. The monoisotopic (exact) mass is 339 g/mol. The normalized spacial score (nSPS) is 10.3. The van der Waals surface area contributed by atoms with Gasteiger partial charge in [-0.25, -0.2) is 0 Å². The maximum atomic E-state index is 11.1. The summed E-state index contributed by atoms with van der Waals surface area (Å²) in [6.07, 6.45) is 0.651. The molecule has 7 heteroatoms. The third-order valence-electron chi connectivity index (χ3n) is 2.82. The Morgan fingerprint density at radius 3 is 2.73 bits per heavy atom. The Morgan fingerprint density at radius 1 is 1.27 bits per heavy atom. The van der Waals surface area contributed by atoms with Gasteiger partial charge < -0.3 is 15.8 Å². The van der Waals surface area contributed by atoms with Crippen molar-refractivity contribution in [2.45, 2.75) is 13.3 Å². The topological polar surface area (TPSA) is 77.2 Å². The van der Waals surface area contributed by atoms with Gasteiger partial charge in [0.05, 0.1) is 22.3 Å². The standard InChI is InChI=1S/C15H15Cl2N3O2/c1-9(21)19-15-13(18)4-5-14(20-15)22-7-6-10-2-3-11(16)12(17)8-10/h2-5,8H,6-7,18H2,1H3,(H,19,20,21). The summed E-state index contributed by atoms with van der Waals surface area (Å²) in [6.45, 7) is 1.80. The van der Waals surface area contributed by atoms with Crippen molar-refractivity contribution in [2.24, 2.45) is 0 Å². The van der Waals surface area contributed by atoms with Gasteiger partial charge in [-0.15, -0.1) is 0 Å². The third kappa shape index (κ3) is 4.51. The van der Waals surface area contributed by atoms with Crippen LogP contribution < -0.4 is 15.8 Å². The summed E-state index contributed by atoms with van der Waals surface area (Å²) in [7, 11) is 0. The molecule has 2 rings (SSSR count). The number of aromatic nitrogens is 1. The van der Waals surface area contributed by atoms with E-state index in [-0.39, 0.29) is 5.91 Å². The molecule has 0 saturated carbocycles. The average Bonchev–Trinajstić information content (AvgIpc) is 2.45. The Bertz CT molecular complexity index is 692. The quantitative estimate of drug-likeness (QED) is 0.873. The predicted octanol–water partition coefficient (Wildman–Crippen LogP) is 3.55. The number of nitrogen functional groups attached to an aromatic ring is 1. The van der Waals surface area contributed by atoms with Gasteiger partial charge in [0.15, 0.2) is 5.82 Å². The number of pyridine rings is 1. The highest BCUT2D eigenvalue weighted by molar-refractivity contribution is 6.42. The van der Waals surface area contributed by atoms with Gasteiger partial charge in [-0.05, 0) is 23.8 Å². The van der Waals surface area contributed by atoms with E-state index in [0.717, 1.165) is 5.56 Å². The Labute approximate surface area is 138 Å². The van der Waals surface area contributed by atoms with E-state index in [4.69, 9.17) is 33.7 Å². The third-order valence-corrected chi connectivity index (χ3v) is 3.56. The molecule has 0 saturated heterocycles. The number of benzene rings is 1. The van der Waals surface area contributed by atoms with Crippen LogP contribution in [-0.4, -0.2) is 17.5 Å². The number of carbonyl (C=O) groups is 1. The summed E-state index contributed by atoms with van der Waals surface area (Å²) in [5.41, 5.74) is 7.12. The number of nitrogens with zero attached hydrogens (tertiary/aromatic N) is 1. The lowest BCUT2D eigenvalue weighted by atomic mass is 10.2. The summed E-state index contributed by atoms with van der Waals surface area (Å²) in [6, 6.07) is 8.71. The summed E-state index contributed by atoms with van der Waals surface area (Å²) < 4.78 is 5.56. The smallest absolute Gasteiger partial charge is 0.222 e. The first-order chi connectivity index (χ1) is 10.5. The minimum Gasteiger partial charge on any atom is -0.477 e. The Hall–Kier alpha value is -1.98. The van der Waals surface area contributed by atoms with Crippen molar-refractivity contribution in [3.05, 3.63) is 45.9 Å². The lowest BCUT2D eigenvalue weighted by Gasteiger charge is -2.09. The van der Waals surface area contributed by atoms with Gasteiger partial charge in [-0.2, -0.15) is 4.98 Å². The second-order valence-corrected chi connectivity index (χ2v) is 5.43. The van der Waals surface area contributed by atoms with Crippen molar-refractivity contribution in [3.63, 3.8) is 0 Å². The largest absolute Gasteiger partial charge is 0.477 e. The molecule has 3 N–H and O–H groups in total. The lowest BCUT2D eigenvalue weighted by Crippen LogP contribution is -2.11. The van der Waals surface area contributed by atoms with E-state index in [1.54, 1.807) is 24.3 Å². The fourth-order valence-corrected chi connectivity index (χ4v) is 2.09. The van der Waals surface area contributed by atoms with E-state index in [9.17, 15) is 4.79 Å². The van der Waals surface area contributed by atoms with Crippen molar-refractivity contribution < 1.29 is 9.53 Å². The number of anilines is 2. The van der Waals surface area contributed by atoms with E-state index in [1.807, 2.05) is 6.07 Å². The lowest BCUT2D eigenvalue weighted by molar-refractivity contribution is -0.114. The van der Waals surface area contributed by atoms with Crippen LogP contribution in [0.15, 0.2) is 30.3 Å². The van der Waals surface area contributed by atoms with Crippen molar-refractivity contribution >= 4 is 40.6 Å². The molecule has 1 aromatic carbocycles. The predicted molar refractivity (Wildman–Crippen MR) is 88.6 cm³/mol. The fraction of sp³-hybridized carbons (Fsp3) is 0.200. The highest BCUT2D eigenvalue weighted by atomic mass is 35.5. The molecule has 2 aromatic rings. The zero-order valence-electron chi connectivity index (χ0n) is 11.9. The van der Waals surface area contributed by atoms with Gasteiger partial charge in [0, 0.05) is 19.4 Å². The zero-order valence-corrected chi connectivity index (χ0v) is 13.4. The number of ether oxygens (including phenoxy) is 1. The summed E-state index contributed by atoms with van der Waals surface area (Å²) in [5.74, 6) is 0.435. The number of hydrogen-bond acceptors (Lipinski definition) is 4. The van der Waals surface area contributed by atoms with Crippen LogP contribution >= 0.6 is 23.2 Å². The molecular formula is C15H15Cl2N3O2. The van der Waals surface area contributed by atoms with Gasteiger partial charge in [0.25, 0.3) is 0 Å². The van der Waals surface area contributed by atoms with Crippen LogP contribution in [-0.2, 0) is 11.2 Å². The minimum atomic E-state index is -0.243. The summed E-state index contributed by atoms with van der Waals surface area (Å²) in [5, 5.41) is 3.58. The van der Waals surface area contributed by atoms with Gasteiger partial charge in [-0.1, -0.05) is 29.3 Å². The molecule has 0 fully saturated rings. The SMILES string of the molecule is CC(=O)Nc1nc(OCCc2ccc(Cl)c(Cl)c2)ccc1N. The Kier molecular flexibility index (Phi) is 5.46. The van der Waals surface area contributed by atoms with Crippen LogP contribution in [0.25, 0.3) is 0 Å². The van der Waals surface area contributed by atoms with Crippen molar-refractivity contribution in [2.75, 3.05) is 17.7 Å². The molecule has 0 aliphatic rings. The maximum absolute atomic E-state index is 11.1. The number of nitrogens with one attached hydrogen (secondary N) is 1. The average molecular weight is 340 g/mol. The molecule has 0 aliphatic heterocycles. The molecule has 116 valence electrons.